The first-order valence-electron chi connectivity index (χ1n) is 5.93. The number of carbonyl (C=O) groups is 2. The molecule has 1 atom stereocenters. The number of hydrogen-bond acceptors (Lipinski definition) is 3. The van der Waals surface area contributed by atoms with E-state index >= 15 is 0 Å². The molecule has 1 heterocycles. The zero-order chi connectivity index (χ0) is 13.1. The number of carbonyl (C=O) groups excluding carboxylic acids is 1. The predicted octanol–water partition coefficient (Wildman–Crippen LogP) is 0.911. The summed E-state index contributed by atoms with van der Waals surface area (Å²) in [5.41, 5.74) is 0. The van der Waals surface area contributed by atoms with Crippen molar-refractivity contribution in [3.63, 3.8) is 0 Å². The lowest BCUT2D eigenvalue weighted by Crippen LogP contribution is -2.49. The Morgan fingerprint density at radius 2 is 2.22 bits per heavy atom. The summed E-state index contributed by atoms with van der Waals surface area (Å²) in [5.74, 6) is 2.96. The molecule has 1 N–H and O–H groups in total. The van der Waals surface area contributed by atoms with Gasteiger partial charge < -0.3 is 14.9 Å². The Balaban J connectivity index is 2.02. The monoisotopic (exact) mass is 268 g/mol. The van der Waals surface area contributed by atoms with Gasteiger partial charge in [0, 0.05) is 12.3 Å². The SMILES string of the molecule is C#CCN(CC1CC1)C(=O)N1CSC[C@H]1C(=O)O. The lowest BCUT2D eigenvalue weighted by Gasteiger charge is -2.28. The van der Waals surface area contributed by atoms with Gasteiger partial charge in [0.05, 0.1) is 12.4 Å². The summed E-state index contributed by atoms with van der Waals surface area (Å²) in [6.45, 7) is 0.902. The Morgan fingerprint density at radius 1 is 1.50 bits per heavy atom. The summed E-state index contributed by atoms with van der Waals surface area (Å²) in [7, 11) is 0. The average Bonchev–Trinajstić information content (AvgIpc) is 3.01. The Hall–Kier alpha value is -1.35. The number of nitrogens with zero attached hydrogens (tertiary/aromatic N) is 2. The minimum atomic E-state index is -0.944. The number of carboxylic acid groups (broad SMARTS) is 1. The minimum absolute atomic E-state index is 0.239. The summed E-state index contributed by atoms with van der Waals surface area (Å²) in [6, 6.07) is -0.959. The van der Waals surface area contributed by atoms with Gasteiger partial charge in [-0.15, -0.1) is 18.2 Å². The van der Waals surface area contributed by atoms with Crippen molar-refractivity contribution in [2.75, 3.05) is 24.7 Å². The van der Waals surface area contributed by atoms with Gasteiger partial charge in [-0.05, 0) is 18.8 Å². The van der Waals surface area contributed by atoms with Crippen LogP contribution in [0.15, 0.2) is 0 Å². The van der Waals surface area contributed by atoms with Crippen LogP contribution in [0.25, 0.3) is 0 Å². The molecule has 98 valence electrons. The van der Waals surface area contributed by atoms with Gasteiger partial charge in [-0.25, -0.2) is 9.59 Å². The third-order valence-electron chi connectivity index (χ3n) is 3.14. The molecule has 2 aliphatic rings. The van der Waals surface area contributed by atoms with E-state index in [1.807, 2.05) is 0 Å². The Kier molecular flexibility index (Phi) is 4.02. The van der Waals surface area contributed by atoms with Gasteiger partial charge in [-0.3, -0.25) is 0 Å². The van der Waals surface area contributed by atoms with Crippen LogP contribution in [-0.4, -0.2) is 57.7 Å². The molecule has 0 bridgehead atoms. The van der Waals surface area contributed by atoms with Crippen LogP contribution in [0.3, 0.4) is 0 Å². The molecule has 6 heteroatoms. The molecule has 1 saturated heterocycles. The average molecular weight is 268 g/mol. The molecule has 0 spiro atoms. The number of urea groups is 1. The van der Waals surface area contributed by atoms with E-state index in [0.29, 0.717) is 24.1 Å². The quantitative estimate of drug-likeness (QED) is 0.770. The second-order valence-electron chi connectivity index (χ2n) is 4.63. The predicted molar refractivity (Wildman–Crippen MR) is 69.1 cm³/mol. The van der Waals surface area contributed by atoms with Crippen LogP contribution in [0.4, 0.5) is 4.79 Å². The standard InChI is InChI=1S/C12H16N2O3S/c1-2-5-13(6-9-3-4-9)12(17)14-8-18-7-10(14)11(15)16/h1,9-10H,3-8H2,(H,15,16)/t10-/m0/s1. The van der Waals surface area contributed by atoms with Crippen molar-refractivity contribution in [2.24, 2.45) is 5.92 Å². The molecule has 2 amide bonds. The maximum Gasteiger partial charge on any atom is 0.327 e. The largest absolute Gasteiger partial charge is 0.480 e. The Bertz CT molecular complexity index is 389. The molecule has 0 radical (unpaired) electrons. The van der Waals surface area contributed by atoms with E-state index in [-0.39, 0.29) is 12.6 Å². The molecule has 0 aromatic rings. The Morgan fingerprint density at radius 3 is 2.78 bits per heavy atom. The van der Waals surface area contributed by atoms with Crippen molar-refractivity contribution >= 4 is 23.8 Å². The molecular formula is C12H16N2O3S. The third-order valence-corrected chi connectivity index (χ3v) is 4.15. The second-order valence-corrected chi connectivity index (χ2v) is 5.63. The molecule has 5 nitrogen and oxygen atoms in total. The molecule has 0 unspecified atom stereocenters. The van der Waals surface area contributed by atoms with Crippen LogP contribution in [0, 0.1) is 18.3 Å². The molecule has 18 heavy (non-hydrogen) atoms. The number of thioether (sulfide) groups is 1. The van der Waals surface area contributed by atoms with Crippen molar-refractivity contribution < 1.29 is 14.7 Å². The first-order chi connectivity index (χ1) is 8.63. The summed E-state index contributed by atoms with van der Waals surface area (Å²) in [5, 5.41) is 9.07. The first kappa shape index (κ1) is 13.1. The minimum Gasteiger partial charge on any atom is -0.480 e. The highest BCUT2D eigenvalue weighted by Gasteiger charge is 2.37. The summed E-state index contributed by atoms with van der Waals surface area (Å²) in [4.78, 5) is 26.4. The summed E-state index contributed by atoms with van der Waals surface area (Å²) >= 11 is 1.46. The highest BCUT2D eigenvalue weighted by Crippen LogP contribution is 2.30. The number of rotatable bonds is 4. The zero-order valence-electron chi connectivity index (χ0n) is 10.0. The molecular weight excluding hydrogens is 252 g/mol. The van der Waals surface area contributed by atoms with Gasteiger partial charge in [0.1, 0.15) is 6.04 Å². The van der Waals surface area contributed by atoms with Crippen LogP contribution < -0.4 is 0 Å². The number of terminal acetylenes is 1. The lowest BCUT2D eigenvalue weighted by atomic mass is 10.3. The Labute approximate surface area is 111 Å². The molecule has 0 aromatic heterocycles. The fourth-order valence-corrected chi connectivity index (χ4v) is 3.09. The van der Waals surface area contributed by atoms with E-state index in [2.05, 4.69) is 5.92 Å². The van der Waals surface area contributed by atoms with Crippen LogP contribution in [-0.2, 0) is 4.79 Å². The summed E-state index contributed by atoms with van der Waals surface area (Å²) in [6.07, 6.45) is 7.53. The van der Waals surface area contributed by atoms with E-state index < -0.39 is 12.0 Å². The number of carboxylic acids is 1. The molecule has 2 fully saturated rings. The molecule has 1 saturated carbocycles. The zero-order valence-corrected chi connectivity index (χ0v) is 10.9. The first-order valence-corrected chi connectivity index (χ1v) is 7.08. The van der Waals surface area contributed by atoms with Crippen LogP contribution in [0.5, 0.6) is 0 Å². The van der Waals surface area contributed by atoms with E-state index in [9.17, 15) is 9.59 Å². The number of hydrogen-bond donors (Lipinski definition) is 1. The van der Waals surface area contributed by atoms with Gasteiger partial charge in [0.15, 0.2) is 0 Å². The van der Waals surface area contributed by atoms with Gasteiger partial charge >= 0.3 is 12.0 Å². The fourth-order valence-electron chi connectivity index (χ4n) is 1.95. The topological polar surface area (TPSA) is 60.9 Å². The van der Waals surface area contributed by atoms with Crippen molar-refractivity contribution in [1.29, 1.82) is 0 Å². The van der Waals surface area contributed by atoms with E-state index in [1.54, 1.807) is 4.90 Å². The lowest BCUT2D eigenvalue weighted by molar-refractivity contribution is -0.140. The van der Waals surface area contributed by atoms with Crippen LogP contribution >= 0.6 is 11.8 Å². The number of amides is 2. The second kappa shape index (κ2) is 5.53. The van der Waals surface area contributed by atoms with Gasteiger partial charge in [0.25, 0.3) is 0 Å². The van der Waals surface area contributed by atoms with E-state index in [0.717, 1.165) is 12.8 Å². The van der Waals surface area contributed by atoms with Crippen LogP contribution in [0.1, 0.15) is 12.8 Å². The maximum absolute atomic E-state index is 12.3. The van der Waals surface area contributed by atoms with Gasteiger partial charge in [0.2, 0.25) is 0 Å². The van der Waals surface area contributed by atoms with Crippen molar-refractivity contribution in [3.8, 4) is 12.3 Å². The smallest absolute Gasteiger partial charge is 0.327 e. The molecule has 1 aliphatic carbocycles. The van der Waals surface area contributed by atoms with Crippen molar-refractivity contribution in [2.45, 2.75) is 18.9 Å². The van der Waals surface area contributed by atoms with Gasteiger partial charge in [-0.1, -0.05) is 5.92 Å². The van der Waals surface area contributed by atoms with E-state index in [1.165, 1.54) is 16.7 Å². The van der Waals surface area contributed by atoms with Crippen molar-refractivity contribution in [1.82, 2.24) is 9.80 Å². The van der Waals surface area contributed by atoms with Crippen LogP contribution in [0.2, 0.25) is 0 Å². The van der Waals surface area contributed by atoms with Gasteiger partial charge in [-0.2, -0.15) is 0 Å². The highest BCUT2D eigenvalue weighted by molar-refractivity contribution is 7.99. The summed E-state index contributed by atoms with van der Waals surface area (Å²) < 4.78 is 0. The highest BCUT2D eigenvalue weighted by atomic mass is 32.2. The van der Waals surface area contributed by atoms with Crippen molar-refractivity contribution in [3.05, 3.63) is 0 Å². The number of aliphatic carboxylic acids is 1. The molecule has 0 aromatic carbocycles. The normalized spacial score (nSPS) is 22.6. The fraction of sp³-hybridized carbons (Fsp3) is 0.667. The molecule has 2 rings (SSSR count). The van der Waals surface area contributed by atoms with E-state index in [4.69, 9.17) is 11.5 Å². The third kappa shape index (κ3) is 2.91. The molecule has 1 aliphatic heterocycles. The maximum atomic E-state index is 12.3.